The van der Waals surface area contributed by atoms with Gasteiger partial charge in [0.1, 0.15) is 0 Å². The van der Waals surface area contributed by atoms with Crippen LogP contribution in [0.1, 0.15) is 39.0 Å². The van der Waals surface area contributed by atoms with Gasteiger partial charge < -0.3 is 0 Å². The van der Waals surface area contributed by atoms with Crippen LogP contribution >= 0.6 is 8.58 Å². The topological polar surface area (TPSA) is 0 Å². The normalized spacial score (nSPS) is 10.9. The molecule has 59 valence electrons. The first-order chi connectivity index (χ1) is 4.91. The summed E-state index contributed by atoms with van der Waals surface area (Å²) in [4.78, 5) is 0. The van der Waals surface area contributed by atoms with Crippen LogP contribution in [0.25, 0.3) is 0 Å². The van der Waals surface area contributed by atoms with Gasteiger partial charge in [-0.25, -0.2) is 0 Å². The Kier molecular flexibility index (Phi) is 9.33. The Hall–Kier alpha value is 0.170. The zero-order chi connectivity index (χ0) is 7.66. The molecule has 0 saturated heterocycles. The molecule has 0 aliphatic heterocycles. The molecule has 0 aromatic heterocycles. The number of rotatable bonds is 7. The van der Waals surface area contributed by atoms with Crippen molar-refractivity contribution in [2.45, 2.75) is 39.0 Å². The number of hydrogen-bond donors (Lipinski definition) is 0. The summed E-state index contributed by atoms with van der Waals surface area (Å²) in [5, 5.41) is 0. The highest BCUT2D eigenvalue weighted by Crippen LogP contribution is 2.14. The van der Waals surface area contributed by atoms with Crippen molar-refractivity contribution < 1.29 is 0 Å². The Morgan fingerprint density at radius 2 is 1.90 bits per heavy atom. The average molecular weight is 157 g/mol. The molecule has 0 aliphatic carbocycles. The van der Waals surface area contributed by atoms with E-state index in [1.54, 1.807) is 0 Å². The largest absolute Gasteiger partial charge is 0.0982 e. The number of hydrogen-bond acceptors (Lipinski definition) is 0. The summed E-state index contributed by atoms with van der Waals surface area (Å²) in [5.74, 6) is 1.99. The maximum atomic E-state index is 3.68. The van der Waals surface area contributed by atoms with Gasteiger partial charge in [0.25, 0.3) is 0 Å². The fraction of sp³-hybridized carbons (Fsp3) is 0.778. The Morgan fingerprint density at radius 3 is 2.50 bits per heavy atom. The van der Waals surface area contributed by atoms with Crippen LogP contribution in [-0.4, -0.2) is 6.16 Å². The SMILES string of the molecule is C=C[P]CCCCCCC. The smallest absolute Gasteiger partial charge is 0.0250 e. The molecule has 1 heteroatoms. The van der Waals surface area contributed by atoms with Gasteiger partial charge >= 0.3 is 0 Å². The van der Waals surface area contributed by atoms with E-state index in [9.17, 15) is 0 Å². The summed E-state index contributed by atoms with van der Waals surface area (Å²) in [6.07, 6.45) is 8.28. The Morgan fingerprint density at radius 1 is 1.20 bits per heavy atom. The molecule has 0 bridgehead atoms. The standard InChI is InChI=1S/C9H18P/c1-3-5-6-7-8-9-10-4-2/h4H,2-3,5-9H2,1H3. The summed E-state index contributed by atoms with van der Waals surface area (Å²) in [5.41, 5.74) is 0. The molecule has 0 amide bonds. The lowest BCUT2D eigenvalue weighted by molar-refractivity contribution is 0.659. The second-order valence-corrected chi connectivity index (χ2v) is 3.68. The van der Waals surface area contributed by atoms with E-state index >= 15 is 0 Å². The summed E-state index contributed by atoms with van der Waals surface area (Å²) in [6.45, 7) is 5.93. The van der Waals surface area contributed by atoms with Gasteiger partial charge in [-0.15, -0.1) is 0 Å². The lowest BCUT2D eigenvalue weighted by Gasteiger charge is -1.96. The average Bonchev–Trinajstić information content (AvgIpc) is 1.97. The van der Waals surface area contributed by atoms with Crippen LogP contribution in [0, 0.1) is 0 Å². The summed E-state index contributed by atoms with van der Waals surface area (Å²) in [7, 11) is 1.41. The van der Waals surface area contributed by atoms with Crippen molar-refractivity contribution in [2.24, 2.45) is 0 Å². The third-order valence-corrected chi connectivity index (χ3v) is 2.35. The first-order valence-electron chi connectivity index (χ1n) is 4.19. The first-order valence-corrected chi connectivity index (χ1v) is 5.34. The predicted molar refractivity (Wildman–Crippen MR) is 50.7 cm³/mol. The van der Waals surface area contributed by atoms with Crippen LogP contribution in [0.2, 0.25) is 0 Å². The van der Waals surface area contributed by atoms with Crippen LogP contribution in [0.3, 0.4) is 0 Å². The van der Waals surface area contributed by atoms with Crippen LogP contribution < -0.4 is 0 Å². The van der Waals surface area contributed by atoms with Crippen molar-refractivity contribution in [1.29, 1.82) is 0 Å². The third-order valence-electron chi connectivity index (χ3n) is 1.52. The van der Waals surface area contributed by atoms with Crippen LogP contribution in [0.4, 0.5) is 0 Å². The van der Waals surface area contributed by atoms with Crippen molar-refractivity contribution in [3.8, 4) is 0 Å². The molecule has 0 aromatic carbocycles. The van der Waals surface area contributed by atoms with Gasteiger partial charge in [0.05, 0.1) is 0 Å². The molecule has 0 heterocycles. The predicted octanol–water partition coefficient (Wildman–Crippen LogP) is 4.05. The van der Waals surface area contributed by atoms with E-state index in [4.69, 9.17) is 0 Å². The molecule has 1 radical (unpaired) electrons. The summed E-state index contributed by atoms with van der Waals surface area (Å²) in [6, 6.07) is 0. The highest BCUT2D eigenvalue weighted by atomic mass is 31.1. The van der Waals surface area contributed by atoms with Crippen molar-refractivity contribution in [3.05, 3.63) is 12.4 Å². The maximum Gasteiger partial charge on any atom is -0.0250 e. The second kappa shape index (κ2) is 9.17. The maximum absolute atomic E-state index is 3.68. The monoisotopic (exact) mass is 157 g/mol. The molecule has 0 unspecified atom stereocenters. The van der Waals surface area contributed by atoms with E-state index in [1.165, 1.54) is 46.8 Å². The van der Waals surface area contributed by atoms with Gasteiger partial charge in [-0.1, -0.05) is 53.6 Å². The van der Waals surface area contributed by atoms with Gasteiger partial charge in [0.15, 0.2) is 0 Å². The lowest BCUT2D eigenvalue weighted by atomic mass is 10.2. The highest BCUT2D eigenvalue weighted by Gasteiger charge is 1.86. The molecular formula is C9H18P. The zero-order valence-corrected chi connectivity index (χ0v) is 7.87. The third kappa shape index (κ3) is 8.17. The molecule has 0 atom stereocenters. The second-order valence-electron chi connectivity index (χ2n) is 2.50. The number of unbranched alkanes of at least 4 members (excludes halogenated alkanes) is 4. The van der Waals surface area contributed by atoms with E-state index in [-0.39, 0.29) is 0 Å². The minimum absolute atomic E-state index is 1.31. The minimum atomic E-state index is 1.31. The fourth-order valence-corrected chi connectivity index (χ4v) is 1.49. The van der Waals surface area contributed by atoms with Crippen LogP contribution in [-0.2, 0) is 0 Å². The van der Waals surface area contributed by atoms with Crippen molar-refractivity contribution in [1.82, 2.24) is 0 Å². The fourth-order valence-electron chi connectivity index (χ4n) is 0.898. The van der Waals surface area contributed by atoms with E-state index in [0.29, 0.717) is 0 Å². The highest BCUT2D eigenvalue weighted by molar-refractivity contribution is 7.41. The lowest BCUT2D eigenvalue weighted by Crippen LogP contribution is -1.78. The molecule has 0 nitrogen and oxygen atoms in total. The molecule has 0 aliphatic rings. The van der Waals surface area contributed by atoms with Gasteiger partial charge in [-0.05, 0) is 12.6 Å². The van der Waals surface area contributed by atoms with Crippen molar-refractivity contribution >= 4 is 8.58 Å². The first kappa shape index (κ1) is 10.2. The zero-order valence-electron chi connectivity index (χ0n) is 6.97. The summed E-state index contributed by atoms with van der Waals surface area (Å²) >= 11 is 0. The van der Waals surface area contributed by atoms with Gasteiger partial charge in [-0.3, -0.25) is 0 Å². The van der Waals surface area contributed by atoms with Gasteiger partial charge in [0, 0.05) is 0 Å². The Bertz CT molecular complexity index is 69.1. The molecule has 0 aromatic rings. The van der Waals surface area contributed by atoms with E-state index in [2.05, 4.69) is 13.5 Å². The molecule has 0 fully saturated rings. The van der Waals surface area contributed by atoms with E-state index in [0.717, 1.165) is 0 Å². The molecule has 0 spiro atoms. The van der Waals surface area contributed by atoms with E-state index < -0.39 is 0 Å². The molecule has 0 saturated carbocycles. The molecule has 0 N–H and O–H groups in total. The van der Waals surface area contributed by atoms with E-state index in [1.807, 2.05) is 5.82 Å². The van der Waals surface area contributed by atoms with Gasteiger partial charge in [0.2, 0.25) is 0 Å². The Balaban J connectivity index is 2.70. The molecule has 0 rings (SSSR count). The van der Waals surface area contributed by atoms with Crippen LogP contribution in [0.15, 0.2) is 12.4 Å². The molecule has 10 heavy (non-hydrogen) atoms. The molecular weight excluding hydrogens is 139 g/mol. The Labute approximate surface area is 66.9 Å². The quantitative estimate of drug-likeness (QED) is 0.386. The van der Waals surface area contributed by atoms with Crippen molar-refractivity contribution in [2.75, 3.05) is 6.16 Å². The summed E-state index contributed by atoms with van der Waals surface area (Å²) < 4.78 is 0. The van der Waals surface area contributed by atoms with Crippen molar-refractivity contribution in [3.63, 3.8) is 0 Å². The van der Waals surface area contributed by atoms with Gasteiger partial charge in [-0.2, -0.15) is 0 Å². The van der Waals surface area contributed by atoms with Crippen LogP contribution in [0.5, 0.6) is 0 Å². The minimum Gasteiger partial charge on any atom is -0.0982 e.